The highest BCUT2D eigenvalue weighted by Gasteiger charge is 2.41. The monoisotopic (exact) mass is 754 g/mol. The number of hydrogen-bond acceptors (Lipinski definition) is 8. The van der Waals surface area contributed by atoms with Crippen molar-refractivity contribution in [2.45, 2.75) is 48.1 Å². The number of epoxide rings is 2. The Morgan fingerprint density at radius 1 is 0.491 bits per heavy atom. The van der Waals surface area contributed by atoms with Crippen LogP contribution in [0.25, 0.3) is 22.3 Å². The predicted octanol–water partition coefficient (Wildman–Crippen LogP) is 9.35. The van der Waals surface area contributed by atoms with Crippen LogP contribution in [-0.4, -0.2) is 46.0 Å². The van der Waals surface area contributed by atoms with Crippen molar-refractivity contribution in [2.75, 3.05) is 26.4 Å². The standard InChI is InChI=1S/C46H42O8S/c1-45(31-53-45)29-51-39-21-23-43(41(25-39)35-13-17-37(18-14-35)49-27-33-9-5-3-6-10-33)55(47,48)44-24-22-40(52-30-46(2)32-54-46)26-42(44)36-15-19-38(20-16-36)50-28-34-11-7-4-8-12-34/h3-26H,27-32H2,1-2H3. The van der Waals surface area contributed by atoms with Crippen LogP contribution in [0.4, 0.5) is 0 Å². The Bertz CT molecular complexity index is 2190. The molecule has 280 valence electrons. The van der Waals surface area contributed by atoms with Crippen molar-refractivity contribution in [3.05, 3.63) is 157 Å². The molecule has 0 saturated carbocycles. The molecular formula is C46H42O8S. The van der Waals surface area contributed by atoms with E-state index in [9.17, 15) is 8.42 Å². The number of rotatable bonds is 16. The van der Waals surface area contributed by atoms with Crippen LogP contribution in [0.15, 0.2) is 155 Å². The SMILES string of the molecule is CC1(COc2ccc(S(=O)(=O)c3ccc(OCC4(C)CO4)cc3-c3ccc(OCc4ccccc4)cc3)c(-c3ccc(OCc4ccccc4)cc3)c2)CO1. The molecule has 0 N–H and O–H groups in total. The fraction of sp³-hybridized carbons (Fsp3) is 0.217. The summed E-state index contributed by atoms with van der Waals surface area (Å²) >= 11 is 0. The molecule has 0 aromatic heterocycles. The lowest BCUT2D eigenvalue weighted by Gasteiger charge is -2.18. The molecule has 9 heteroatoms. The zero-order valence-corrected chi connectivity index (χ0v) is 31.6. The van der Waals surface area contributed by atoms with Crippen LogP contribution in [0.5, 0.6) is 23.0 Å². The Morgan fingerprint density at radius 2 is 0.855 bits per heavy atom. The van der Waals surface area contributed by atoms with E-state index in [2.05, 4.69) is 0 Å². The summed E-state index contributed by atoms with van der Waals surface area (Å²) in [5.41, 5.74) is 3.82. The Hall–Kier alpha value is -5.61. The molecule has 2 heterocycles. The summed E-state index contributed by atoms with van der Waals surface area (Å²) in [7, 11) is -4.13. The van der Waals surface area contributed by atoms with E-state index in [4.69, 9.17) is 28.4 Å². The Morgan fingerprint density at radius 3 is 1.22 bits per heavy atom. The van der Waals surface area contributed by atoms with E-state index in [-0.39, 0.29) is 21.0 Å². The topological polar surface area (TPSA) is 96.1 Å². The third-order valence-electron chi connectivity index (χ3n) is 9.67. The molecule has 2 saturated heterocycles. The van der Waals surface area contributed by atoms with Crippen LogP contribution in [0, 0.1) is 0 Å². The van der Waals surface area contributed by atoms with Gasteiger partial charge in [-0.3, -0.25) is 0 Å². The first-order chi connectivity index (χ1) is 26.6. The predicted molar refractivity (Wildman–Crippen MR) is 210 cm³/mol. The molecular weight excluding hydrogens is 713 g/mol. The van der Waals surface area contributed by atoms with Gasteiger partial charge >= 0.3 is 0 Å². The van der Waals surface area contributed by atoms with Crippen molar-refractivity contribution in [3.8, 4) is 45.3 Å². The molecule has 0 bridgehead atoms. The zero-order valence-electron chi connectivity index (χ0n) is 30.8. The Kier molecular flexibility index (Phi) is 10.1. The Balaban J connectivity index is 1.13. The van der Waals surface area contributed by atoms with Crippen molar-refractivity contribution < 1.29 is 36.8 Å². The van der Waals surface area contributed by atoms with Crippen LogP contribution in [-0.2, 0) is 32.5 Å². The van der Waals surface area contributed by atoms with Crippen LogP contribution in [0.2, 0.25) is 0 Å². The highest BCUT2D eigenvalue weighted by atomic mass is 32.2. The number of benzene rings is 6. The normalized spacial score (nSPS) is 18.7. The first-order valence-electron chi connectivity index (χ1n) is 18.3. The molecule has 0 amide bonds. The molecule has 6 aromatic rings. The minimum Gasteiger partial charge on any atom is -0.490 e. The quantitative estimate of drug-likeness (QED) is 0.0903. The lowest BCUT2D eigenvalue weighted by atomic mass is 10.0. The van der Waals surface area contributed by atoms with Gasteiger partial charge in [-0.1, -0.05) is 84.9 Å². The van der Waals surface area contributed by atoms with Crippen molar-refractivity contribution in [3.63, 3.8) is 0 Å². The summed E-state index contributed by atoms with van der Waals surface area (Å²) in [5.74, 6) is 2.42. The van der Waals surface area contributed by atoms with Crippen LogP contribution in [0.1, 0.15) is 25.0 Å². The average Bonchev–Trinajstić information content (AvgIpc) is 4.16. The van der Waals surface area contributed by atoms with E-state index in [0.29, 0.717) is 84.9 Å². The molecule has 55 heavy (non-hydrogen) atoms. The fourth-order valence-electron chi connectivity index (χ4n) is 6.06. The second-order valence-electron chi connectivity index (χ2n) is 14.5. The summed E-state index contributed by atoms with van der Waals surface area (Å²) in [4.78, 5) is 0.284. The smallest absolute Gasteiger partial charge is 0.207 e. The van der Waals surface area contributed by atoms with Gasteiger partial charge in [0.2, 0.25) is 9.84 Å². The van der Waals surface area contributed by atoms with Gasteiger partial charge in [-0.2, -0.15) is 0 Å². The number of sulfone groups is 1. The first kappa shape index (κ1) is 36.4. The van der Waals surface area contributed by atoms with E-state index in [1.54, 1.807) is 36.4 Å². The zero-order chi connectivity index (χ0) is 37.9. The molecule has 2 unspecified atom stereocenters. The third-order valence-corrected chi connectivity index (χ3v) is 11.5. The molecule has 0 aliphatic carbocycles. The van der Waals surface area contributed by atoms with Crippen LogP contribution in [0.3, 0.4) is 0 Å². The minimum atomic E-state index is -4.13. The van der Waals surface area contributed by atoms with Crippen molar-refractivity contribution >= 4 is 9.84 Å². The molecule has 2 atom stereocenters. The number of hydrogen-bond donors (Lipinski definition) is 0. The minimum absolute atomic E-state index is 0.142. The summed E-state index contributed by atoms with van der Waals surface area (Å²) in [6.07, 6.45) is 0. The highest BCUT2D eigenvalue weighted by Crippen LogP contribution is 2.41. The van der Waals surface area contributed by atoms with Crippen LogP contribution < -0.4 is 18.9 Å². The van der Waals surface area contributed by atoms with Crippen molar-refractivity contribution in [2.24, 2.45) is 0 Å². The maximum absolute atomic E-state index is 15.0. The summed E-state index contributed by atoms with van der Waals surface area (Å²) in [5, 5.41) is 0. The molecule has 0 spiro atoms. The van der Waals surface area contributed by atoms with Gasteiger partial charge in [-0.15, -0.1) is 0 Å². The third kappa shape index (κ3) is 8.86. The van der Waals surface area contributed by atoms with Gasteiger partial charge in [0.1, 0.15) is 60.6 Å². The van der Waals surface area contributed by atoms with E-state index >= 15 is 0 Å². The van der Waals surface area contributed by atoms with Crippen molar-refractivity contribution in [1.29, 1.82) is 0 Å². The van der Waals surface area contributed by atoms with Gasteiger partial charge in [0, 0.05) is 11.1 Å². The molecule has 2 fully saturated rings. The van der Waals surface area contributed by atoms with Gasteiger partial charge in [-0.25, -0.2) is 8.42 Å². The van der Waals surface area contributed by atoms with Gasteiger partial charge in [-0.05, 0) is 96.8 Å². The molecule has 6 aromatic carbocycles. The van der Waals surface area contributed by atoms with E-state index in [1.807, 2.05) is 123 Å². The first-order valence-corrected chi connectivity index (χ1v) is 19.7. The average molecular weight is 755 g/mol. The molecule has 8 rings (SSSR count). The maximum atomic E-state index is 15.0. The Labute approximate surface area is 322 Å². The molecule has 2 aliphatic heterocycles. The summed E-state index contributed by atoms with van der Waals surface area (Å²) in [6, 6.07) is 45.0. The molecule has 2 aliphatic rings. The second-order valence-corrected chi connectivity index (χ2v) is 16.4. The fourth-order valence-corrected chi connectivity index (χ4v) is 7.73. The van der Waals surface area contributed by atoms with Crippen LogP contribution >= 0.6 is 0 Å². The van der Waals surface area contributed by atoms with Crippen molar-refractivity contribution in [1.82, 2.24) is 0 Å². The number of ether oxygens (including phenoxy) is 6. The second kappa shape index (κ2) is 15.3. The lowest BCUT2D eigenvalue weighted by molar-refractivity contribution is 0.202. The largest absolute Gasteiger partial charge is 0.490 e. The van der Waals surface area contributed by atoms with E-state index in [1.165, 1.54) is 0 Å². The van der Waals surface area contributed by atoms with E-state index in [0.717, 1.165) is 11.1 Å². The maximum Gasteiger partial charge on any atom is 0.207 e. The van der Waals surface area contributed by atoms with Gasteiger partial charge in [0.15, 0.2) is 0 Å². The summed E-state index contributed by atoms with van der Waals surface area (Å²) in [6.45, 7) is 6.73. The summed E-state index contributed by atoms with van der Waals surface area (Å²) < 4.78 is 65.3. The van der Waals surface area contributed by atoms with Gasteiger partial charge in [0.05, 0.1) is 23.0 Å². The molecule has 8 nitrogen and oxygen atoms in total. The molecule has 0 radical (unpaired) electrons. The van der Waals surface area contributed by atoms with Gasteiger partial charge < -0.3 is 28.4 Å². The van der Waals surface area contributed by atoms with Gasteiger partial charge in [0.25, 0.3) is 0 Å². The van der Waals surface area contributed by atoms with E-state index < -0.39 is 9.84 Å². The highest BCUT2D eigenvalue weighted by molar-refractivity contribution is 7.91. The lowest BCUT2D eigenvalue weighted by Crippen LogP contribution is -2.17.